The number of hydrogen-bond acceptors (Lipinski definition) is 5. The molecular formula is C38H36BrFN2O6S. The largest absolute Gasteiger partial charge is 0.497 e. The van der Waals surface area contributed by atoms with Crippen molar-refractivity contribution >= 4 is 31.9 Å². The molecule has 1 heterocycles. The molecule has 1 aromatic heterocycles. The Kier molecular flexibility index (Phi) is 10.2. The van der Waals surface area contributed by atoms with Crippen LogP contribution in [-0.2, 0) is 36.0 Å². The Balaban J connectivity index is 1.35. The number of benzene rings is 4. The van der Waals surface area contributed by atoms with Crippen LogP contribution in [0, 0.1) is 11.7 Å². The number of carboxylic acid groups (broad SMARTS) is 1. The molecule has 0 radical (unpaired) electrons. The third-order valence-electron chi connectivity index (χ3n) is 8.75. The van der Waals surface area contributed by atoms with E-state index in [0.717, 1.165) is 34.3 Å². The minimum absolute atomic E-state index is 0.00217. The predicted octanol–water partition coefficient (Wildman–Crippen LogP) is 8.03. The van der Waals surface area contributed by atoms with Crippen molar-refractivity contribution in [1.82, 2.24) is 8.87 Å². The van der Waals surface area contributed by atoms with Gasteiger partial charge < -0.3 is 19.1 Å². The monoisotopic (exact) mass is 746 g/mol. The molecule has 254 valence electrons. The van der Waals surface area contributed by atoms with Gasteiger partial charge in [-0.15, -0.1) is 0 Å². The molecule has 0 bridgehead atoms. The molecule has 49 heavy (non-hydrogen) atoms. The van der Waals surface area contributed by atoms with E-state index in [4.69, 9.17) is 9.47 Å². The van der Waals surface area contributed by atoms with Gasteiger partial charge in [0.15, 0.2) is 0 Å². The number of methoxy groups -OCH3 is 2. The number of aromatic carboxylic acids is 1. The molecule has 1 aliphatic carbocycles. The number of ether oxygens (including phenoxy) is 2. The molecule has 0 atom stereocenters. The average Bonchev–Trinajstić information content (AvgIpc) is 3.84. The van der Waals surface area contributed by atoms with Crippen molar-refractivity contribution in [3.05, 3.63) is 141 Å². The lowest BCUT2D eigenvalue weighted by atomic mass is 9.99. The van der Waals surface area contributed by atoms with Crippen molar-refractivity contribution in [3.8, 4) is 17.2 Å². The predicted molar refractivity (Wildman–Crippen MR) is 188 cm³/mol. The summed E-state index contributed by atoms with van der Waals surface area (Å²) in [5.74, 6) is -0.225. The lowest BCUT2D eigenvalue weighted by Crippen LogP contribution is -2.31. The second-order valence-electron chi connectivity index (χ2n) is 12.2. The van der Waals surface area contributed by atoms with Gasteiger partial charge in [-0.3, -0.25) is 0 Å². The average molecular weight is 748 g/mol. The van der Waals surface area contributed by atoms with Crippen LogP contribution in [-0.4, -0.2) is 42.6 Å². The fourth-order valence-corrected chi connectivity index (χ4v) is 7.80. The summed E-state index contributed by atoms with van der Waals surface area (Å²) in [6.07, 6.45) is 4.51. The van der Waals surface area contributed by atoms with E-state index in [9.17, 15) is 18.3 Å². The second kappa shape index (κ2) is 14.6. The quantitative estimate of drug-likeness (QED) is 0.124. The maximum absolute atomic E-state index is 16.1. The number of nitrogens with zero attached hydrogens (tertiary/aromatic N) is 2. The Bertz CT molecular complexity index is 2030. The van der Waals surface area contributed by atoms with Gasteiger partial charge in [-0.05, 0) is 102 Å². The van der Waals surface area contributed by atoms with Gasteiger partial charge in [0, 0.05) is 41.6 Å². The summed E-state index contributed by atoms with van der Waals surface area (Å²) in [7, 11) is -1.21. The summed E-state index contributed by atoms with van der Waals surface area (Å²) < 4.78 is 58.8. The molecular weight excluding hydrogens is 711 g/mol. The molecule has 4 aromatic carbocycles. The van der Waals surface area contributed by atoms with Crippen molar-refractivity contribution < 1.29 is 32.2 Å². The zero-order valence-electron chi connectivity index (χ0n) is 27.1. The minimum Gasteiger partial charge on any atom is -0.497 e. The maximum atomic E-state index is 16.1. The minimum atomic E-state index is -4.32. The van der Waals surface area contributed by atoms with Gasteiger partial charge in [0.25, 0.3) is 0 Å². The van der Waals surface area contributed by atoms with E-state index in [2.05, 4.69) is 15.9 Å². The summed E-state index contributed by atoms with van der Waals surface area (Å²) in [4.78, 5) is 11.9. The lowest BCUT2D eigenvalue weighted by Gasteiger charge is -2.23. The first-order valence-electron chi connectivity index (χ1n) is 15.8. The van der Waals surface area contributed by atoms with E-state index >= 15 is 4.39 Å². The Morgan fingerprint density at radius 3 is 2.00 bits per heavy atom. The van der Waals surface area contributed by atoms with E-state index in [0.29, 0.717) is 40.5 Å². The normalized spacial score (nSPS) is 13.1. The van der Waals surface area contributed by atoms with E-state index in [1.54, 1.807) is 75.0 Å². The number of aromatic nitrogens is 1. The highest BCUT2D eigenvalue weighted by molar-refractivity contribution is 9.10. The molecule has 1 aliphatic rings. The van der Waals surface area contributed by atoms with Crippen LogP contribution in [0.2, 0.25) is 0 Å². The highest BCUT2D eigenvalue weighted by atomic mass is 79.9. The molecule has 6 rings (SSSR count). The number of sulfonamides is 1. The van der Waals surface area contributed by atoms with Crippen LogP contribution >= 0.6 is 15.9 Å². The molecule has 1 fully saturated rings. The number of halogens is 2. The van der Waals surface area contributed by atoms with Gasteiger partial charge in [-0.2, -0.15) is 4.31 Å². The molecule has 8 nitrogen and oxygen atoms in total. The molecule has 5 aromatic rings. The van der Waals surface area contributed by atoms with Crippen LogP contribution in [0.5, 0.6) is 11.5 Å². The Labute approximate surface area is 293 Å². The standard InChI is InChI=1S/C38H36BrFN2O6S/c1-47-31-13-8-26(9-14-31)22-41(23-27-10-15-32(48-2)16-11-27)49(45,46)37-17-12-28(19-35(37)40)20-36-33(18-25-6-7-25)34(38(43)44)24-42(36)30-5-3-4-29(39)21-30/h3-5,8-17,19,21,24-25H,6-7,18,20,22-23H2,1-2H3,(H,43,44). The third-order valence-corrected chi connectivity index (χ3v) is 11.1. The fraction of sp³-hybridized carbons (Fsp3) is 0.237. The van der Waals surface area contributed by atoms with Crippen molar-refractivity contribution in [3.63, 3.8) is 0 Å². The number of hydrogen-bond donors (Lipinski definition) is 1. The summed E-state index contributed by atoms with van der Waals surface area (Å²) in [6.45, 7) is 0.00435. The maximum Gasteiger partial charge on any atom is 0.337 e. The van der Waals surface area contributed by atoms with Gasteiger partial charge in [0.1, 0.15) is 22.2 Å². The highest BCUT2D eigenvalue weighted by Crippen LogP contribution is 2.37. The van der Waals surface area contributed by atoms with Crippen LogP contribution in [0.1, 0.15) is 51.1 Å². The summed E-state index contributed by atoms with van der Waals surface area (Å²) >= 11 is 3.51. The van der Waals surface area contributed by atoms with E-state index < -0.39 is 26.7 Å². The Morgan fingerprint density at radius 1 is 0.898 bits per heavy atom. The zero-order chi connectivity index (χ0) is 34.7. The van der Waals surface area contributed by atoms with Crippen LogP contribution in [0.4, 0.5) is 4.39 Å². The first-order valence-corrected chi connectivity index (χ1v) is 18.1. The summed E-state index contributed by atoms with van der Waals surface area (Å²) in [6, 6.07) is 25.8. The Hall–Kier alpha value is -4.45. The zero-order valence-corrected chi connectivity index (χ0v) is 29.5. The highest BCUT2D eigenvalue weighted by Gasteiger charge is 2.31. The first kappa shape index (κ1) is 34.4. The van der Waals surface area contributed by atoms with Gasteiger partial charge in [-0.1, -0.05) is 52.3 Å². The van der Waals surface area contributed by atoms with E-state index in [1.807, 2.05) is 28.8 Å². The van der Waals surface area contributed by atoms with Crippen LogP contribution in [0.3, 0.4) is 0 Å². The van der Waals surface area contributed by atoms with Crippen LogP contribution < -0.4 is 9.47 Å². The molecule has 1 saturated carbocycles. The smallest absolute Gasteiger partial charge is 0.337 e. The van der Waals surface area contributed by atoms with Crippen LogP contribution in [0.15, 0.2) is 107 Å². The van der Waals surface area contributed by atoms with Crippen molar-refractivity contribution in [2.75, 3.05) is 14.2 Å². The third kappa shape index (κ3) is 7.90. The summed E-state index contributed by atoms with van der Waals surface area (Å²) in [5, 5.41) is 10.1. The summed E-state index contributed by atoms with van der Waals surface area (Å²) in [5.41, 5.74) is 4.38. The molecule has 0 aliphatic heterocycles. The number of carboxylic acids is 1. The van der Waals surface area contributed by atoms with Crippen molar-refractivity contribution in [2.24, 2.45) is 5.92 Å². The van der Waals surface area contributed by atoms with Crippen LogP contribution in [0.25, 0.3) is 5.69 Å². The molecule has 0 amide bonds. The number of carbonyl (C=O) groups is 1. The molecule has 0 saturated heterocycles. The van der Waals surface area contributed by atoms with E-state index in [-0.39, 0.29) is 25.1 Å². The van der Waals surface area contributed by atoms with Crippen molar-refractivity contribution in [2.45, 2.75) is 43.7 Å². The topological polar surface area (TPSA) is 98.1 Å². The molecule has 0 spiro atoms. The first-order chi connectivity index (χ1) is 23.5. The van der Waals surface area contributed by atoms with Crippen molar-refractivity contribution in [1.29, 1.82) is 0 Å². The van der Waals surface area contributed by atoms with Gasteiger partial charge >= 0.3 is 5.97 Å². The van der Waals surface area contributed by atoms with E-state index in [1.165, 1.54) is 16.4 Å². The molecule has 1 N–H and O–H groups in total. The fourth-order valence-electron chi connectivity index (χ4n) is 5.95. The SMILES string of the molecule is COc1ccc(CN(Cc2ccc(OC)cc2)S(=O)(=O)c2ccc(Cc3c(CC4CC4)c(C(=O)O)cn3-c3cccc(Br)c3)cc2F)cc1. The van der Waals surface area contributed by atoms with Gasteiger partial charge in [0.2, 0.25) is 10.0 Å². The second-order valence-corrected chi connectivity index (χ2v) is 15.0. The lowest BCUT2D eigenvalue weighted by molar-refractivity contribution is 0.0695. The van der Waals surface area contributed by atoms with Gasteiger partial charge in [0.05, 0.1) is 19.8 Å². The molecule has 0 unspecified atom stereocenters. The molecule has 11 heteroatoms. The Morgan fingerprint density at radius 2 is 1.49 bits per heavy atom. The van der Waals surface area contributed by atoms with Gasteiger partial charge in [-0.25, -0.2) is 17.6 Å². The number of rotatable bonds is 14.